The Kier molecular flexibility index (Phi) is 6.82. The second-order valence-electron chi connectivity index (χ2n) is 6.58. The van der Waals surface area contributed by atoms with E-state index in [4.69, 9.17) is 11.6 Å². The third kappa shape index (κ3) is 5.00. The van der Waals surface area contributed by atoms with E-state index in [0.29, 0.717) is 5.02 Å². The van der Waals surface area contributed by atoms with E-state index in [1.54, 1.807) is 30.1 Å². The number of rotatable bonds is 7. The fraction of sp³-hybridized carbons (Fsp3) is 0.526. The third-order valence-corrected chi connectivity index (χ3v) is 6.13. The molecule has 0 bridgehead atoms. The first kappa shape index (κ1) is 18.8. The van der Waals surface area contributed by atoms with E-state index in [9.17, 15) is 5.11 Å². The number of likely N-dealkylation sites (tertiary alicyclic amines) is 1. The molecule has 1 aromatic carbocycles. The molecule has 1 saturated heterocycles. The number of nitrogens with zero attached hydrogens (tertiary/aromatic N) is 3. The predicted molar refractivity (Wildman–Crippen MR) is 104 cm³/mol. The number of piperidine rings is 1. The Hall–Kier alpha value is -1.01. The van der Waals surface area contributed by atoms with Crippen LogP contribution in [-0.4, -0.2) is 44.9 Å². The van der Waals surface area contributed by atoms with Crippen LogP contribution < -0.4 is 0 Å². The zero-order valence-corrected chi connectivity index (χ0v) is 16.3. The lowest BCUT2D eigenvalue weighted by Crippen LogP contribution is -2.30. The largest absolute Gasteiger partial charge is 0.382 e. The minimum atomic E-state index is -0.683. The molecule has 3 rings (SSSR count). The van der Waals surface area contributed by atoms with Crippen LogP contribution in [0.15, 0.2) is 35.6 Å². The van der Waals surface area contributed by atoms with Crippen molar-refractivity contribution < 1.29 is 5.11 Å². The van der Waals surface area contributed by atoms with E-state index < -0.39 is 6.10 Å². The molecule has 0 aliphatic carbocycles. The Balaban J connectivity index is 1.52. The van der Waals surface area contributed by atoms with Crippen molar-refractivity contribution in [1.29, 1.82) is 0 Å². The van der Waals surface area contributed by atoms with E-state index in [0.717, 1.165) is 22.2 Å². The summed E-state index contributed by atoms with van der Waals surface area (Å²) in [6.07, 6.45) is 6.34. The zero-order valence-electron chi connectivity index (χ0n) is 14.7. The Labute approximate surface area is 159 Å². The summed E-state index contributed by atoms with van der Waals surface area (Å²) >= 11 is 7.68. The summed E-state index contributed by atoms with van der Waals surface area (Å²) in [6, 6.07) is 7.30. The molecule has 136 valence electrons. The molecule has 0 amide bonds. The maximum atomic E-state index is 10.6. The molecule has 1 fully saturated rings. The Morgan fingerprint density at radius 1 is 1.20 bits per heavy atom. The van der Waals surface area contributed by atoms with Gasteiger partial charge in [-0.1, -0.05) is 41.9 Å². The van der Waals surface area contributed by atoms with Gasteiger partial charge in [-0.2, -0.15) is 0 Å². The molecule has 25 heavy (non-hydrogen) atoms. The lowest BCUT2D eigenvalue weighted by Gasteiger charge is -2.26. The Morgan fingerprint density at radius 3 is 2.64 bits per heavy atom. The molecule has 0 spiro atoms. The van der Waals surface area contributed by atoms with E-state index in [2.05, 4.69) is 9.88 Å². The minimum Gasteiger partial charge on any atom is -0.382 e. The molecule has 1 N–H and O–H groups in total. The maximum absolute atomic E-state index is 10.6. The van der Waals surface area contributed by atoms with Crippen LogP contribution in [0.25, 0.3) is 0 Å². The quantitative estimate of drug-likeness (QED) is 0.580. The van der Waals surface area contributed by atoms with Gasteiger partial charge in [-0.25, -0.2) is 4.98 Å². The van der Waals surface area contributed by atoms with E-state index in [-0.39, 0.29) is 0 Å². The number of aliphatic hydroxyl groups excluding tert-OH is 1. The van der Waals surface area contributed by atoms with Crippen LogP contribution in [-0.2, 0) is 7.05 Å². The van der Waals surface area contributed by atoms with Gasteiger partial charge in [0.15, 0.2) is 5.16 Å². The van der Waals surface area contributed by atoms with Gasteiger partial charge in [0.05, 0.1) is 11.9 Å². The molecule has 4 nitrogen and oxygen atoms in total. The second kappa shape index (κ2) is 9.08. The monoisotopic (exact) mass is 379 g/mol. The number of halogens is 1. The first-order valence-corrected chi connectivity index (χ1v) is 10.3. The summed E-state index contributed by atoms with van der Waals surface area (Å²) in [5.74, 6) is 1.05. The smallest absolute Gasteiger partial charge is 0.167 e. The highest BCUT2D eigenvalue weighted by atomic mass is 35.5. The molecule has 2 heterocycles. The van der Waals surface area contributed by atoms with Gasteiger partial charge in [-0.05, 0) is 56.6 Å². The SMILES string of the molecule is Cn1c(C(O)c2ccc(Cl)cc2)cnc1SCCCN1CCCCC1. The first-order valence-electron chi connectivity index (χ1n) is 8.95. The Morgan fingerprint density at radius 2 is 1.92 bits per heavy atom. The van der Waals surface area contributed by atoms with Crippen LogP contribution >= 0.6 is 23.4 Å². The third-order valence-electron chi connectivity index (χ3n) is 4.75. The van der Waals surface area contributed by atoms with Gasteiger partial charge < -0.3 is 14.6 Å². The number of benzene rings is 1. The molecular formula is C19H26ClN3OS. The van der Waals surface area contributed by atoms with Crippen molar-refractivity contribution in [1.82, 2.24) is 14.5 Å². The van der Waals surface area contributed by atoms with Gasteiger partial charge in [0.25, 0.3) is 0 Å². The fourth-order valence-corrected chi connectivity index (χ4v) is 4.25. The highest BCUT2D eigenvalue weighted by Gasteiger charge is 2.17. The zero-order chi connectivity index (χ0) is 17.6. The number of imidazole rings is 1. The number of aliphatic hydroxyl groups is 1. The molecule has 1 unspecified atom stereocenters. The van der Waals surface area contributed by atoms with Gasteiger partial charge in [0.2, 0.25) is 0 Å². The molecule has 0 saturated carbocycles. The number of hydrogen-bond donors (Lipinski definition) is 1. The topological polar surface area (TPSA) is 41.3 Å². The van der Waals surface area contributed by atoms with E-state index in [1.807, 2.05) is 23.7 Å². The van der Waals surface area contributed by atoms with Crippen LogP contribution in [0.1, 0.15) is 43.0 Å². The summed E-state index contributed by atoms with van der Waals surface area (Å²) in [5.41, 5.74) is 1.63. The lowest BCUT2D eigenvalue weighted by molar-refractivity contribution is 0.210. The second-order valence-corrected chi connectivity index (χ2v) is 8.08. The van der Waals surface area contributed by atoms with Crippen molar-refractivity contribution in [3.63, 3.8) is 0 Å². The molecule has 1 aliphatic heterocycles. The summed E-state index contributed by atoms with van der Waals surface area (Å²) in [4.78, 5) is 7.06. The summed E-state index contributed by atoms with van der Waals surface area (Å²) in [6.45, 7) is 3.69. The van der Waals surface area contributed by atoms with Crippen LogP contribution in [0, 0.1) is 0 Å². The van der Waals surface area contributed by atoms with Gasteiger partial charge >= 0.3 is 0 Å². The average molecular weight is 380 g/mol. The van der Waals surface area contributed by atoms with Gasteiger partial charge in [-0.15, -0.1) is 0 Å². The fourth-order valence-electron chi connectivity index (χ4n) is 3.24. The van der Waals surface area contributed by atoms with E-state index in [1.165, 1.54) is 45.3 Å². The number of aromatic nitrogens is 2. The van der Waals surface area contributed by atoms with Crippen molar-refractivity contribution >= 4 is 23.4 Å². The predicted octanol–water partition coefficient (Wildman–Crippen LogP) is 4.12. The molecule has 2 aromatic rings. The molecule has 1 atom stereocenters. The van der Waals surface area contributed by atoms with Crippen LogP contribution in [0.2, 0.25) is 5.02 Å². The number of hydrogen-bond acceptors (Lipinski definition) is 4. The van der Waals surface area contributed by atoms with Crippen LogP contribution in [0.3, 0.4) is 0 Å². The molecule has 1 aromatic heterocycles. The van der Waals surface area contributed by atoms with Crippen molar-refractivity contribution in [3.05, 3.63) is 46.7 Å². The first-order chi connectivity index (χ1) is 12.1. The highest BCUT2D eigenvalue weighted by molar-refractivity contribution is 7.99. The van der Waals surface area contributed by atoms with Crippen molar-refractivity contribution in [2.45, 2.75) is 36.9 Å². The van der Waals surface area contributed by atoms with Gasteiger partial charge in [-0.3, -0.25) is 0 Å². The molecule has 0 radical (unpaired) electrons. The van der Waals surface area contributed by atoms with Crippen LogP contribution in [0.4, 0.5) is 0 Å². The Bertz CT molecular complexity index is 668. The van der Waals surface area contributed by atoms with Crippen molar-refractivity contribution in [2.75, 3.05) is 25.4 Å². The molecular weight excluding hydrogens is 354 g/mol. The van der Waals surface area contributed by atoms with E-state index >= 15 is 0 Å². The minimum absolute atomic E-state index is 0.672. The summed E-state index contributed by atoms with van der Waals surface area (Å²) < 4.78 is 1.99. The maximum Gasteiger partial charge on any atom is 0.167 e. The standard InChI is InChI=1S/C19H26ClN3OS/c1-22-17(18(24)15-6-8-16(20)9-7-15)14-21-19(22)25-13-5-12-23-10-3-2-4-11-23/h6-9,14,18,24H,2-5,10-13H2,1H3. The van der Waals surface area contributed by atoms with Crippen molar-refractivity contribution in [3.8, 4) is 0 Å². The van der Waals surface area contributed by atoms with Gasteiger partial charge in [0, 0.05) is 17.8 Å². The highest BCUT2D eigenvalue weighted by Crippen LogP contribution is 2.27. The molecule has 6 heteroatoms. The summed E-state index contributed by atoms with van der Waals surface area (Å²) in [7, 11) is 1.97. The number of thioether (sulfide) groups is 1. The lowest BCUT2D eigenvalue weighted by atomic mass is 10.1. The molecule has 1 aliphatic rings. The normalized spacial score (nSPS) is 16.9. The van der Waals surface area contributed by atoms with Crippen LogP contribution in [0.5, 0.6) is 0 Å². The van der Waals surface area contributed by atoms with Gasteiger partial charge in [0.1, 0.15) is 6.10 Å². The summed E-state index contributed by atoms with van der Waals surface area (Å²) in [5, 5.41) is 12.2. The average Bonchev–Trinajstić information content (AvgIpc) is 3.00. The van der Waals surface area contributed by atoms with Crippen molar-refractivity contribution in [2.24, 2.45) is 7.05 Å².